The number of nitrogens with two attached hydrogens (primary N) is 1. The molecule has 0 atom stereocenters. The summed E-state index contributed by atoms with van der Waals surface area (Å²) in [7, 11) is 0. The second-order valence-corrected chi connectivity index (χ2v) is 4.05. The summed E-state index contributed by atoms with van der Waals surface area (Å²) in [5.74, 6) is 1.24. The molecule has 0 saturated heterocycles. The van der Waals surface area contributed by atoms with E-state index in [0.717, 1.165) is 0 Å². The lowest BCUT2D eigenvalue weighted by atomic mass is 10.2. The minimum absolute atomic E-state index is 0.325. The van der Waals surface area contributed by atoms with Crippen LogP contribution in [0.5, 0.6) is 0 Å². The molecule has 90 valence electrons. The second kappa shape index (κ2) is 4.19. The van der Waals surface area contributed by atoms with Crippen LogP contribution < -0.4 is 5.73 Å². The van der Waals surface area contributed by atoms with E-state index in [0.29, 0.717) is 33.7 Å². The van der Waals surface area contributed by atoms with Gasteiger partial charge in [-0.2, -0.15) is 4.98 Å². The van der Waals surface area contributed by atoms with Crippen molar-refractivity contribution in [3.05, 3.63) is 41.6 Å². The molecule has 3 aromatic rings. The third-order valence-electron chi connectivity index (χ3n) is 2.39. The summed E-state index contributed by atoms with van der Waals surface area (Å²) in [6, 6.07) is 8.59. The van der Waals surface area contributed by atoms with Crippen LogP contribution in [0.25, 0.3) is 23.0 Å². The van der Waals surface area contributed by atoms with E-state index in [-0.39, 0.29) is 0 Å². The summed E-state index contributed by atoms with van der Waals surface area (Å²) in [5.41, 5.74) is 6.84. The van der Waals surface area contributed by atoms with Crippen molar-refractivity contribution in [3.63, 3.8) is 0 Å². The van der Waals surface area contributed by atoms with E-state index in [2.05, 4.69) is 10.1 Å². The Labute approximate surface area is 107 Å². The molecular weight excluding hydrogens is 254 g/mol. The van der Waals surface area contributed by atoms with E-state index in [9.17, 15) is 0 Å². The maximum atomic E-state index is 6.07. The molecule has 0 radical (unpaired) electrons. The van der Waals surface area contributed by atoms with E-state index in [1.807, 2.05) is 0 Å². The molecule has 0 amide bonds. The highest BCUT2D eigenvalue weighted by Crippen LogP contribution is 2.29. The number of nitrogen functional groups attached to an aromatic ring is 1. The Kier molecular flexibility index (Phi) is 2.53. The third-order valence-corrected chi connectivity index (χ3v) is 2.70. The van der Waals surface area contributed by atoms with Gasteiger partial charge in [0.2, 0.25) is 5.82 Å². The summed E-state index contributed by atoms with van der Waals surface area (Å²) in [6.45, 7) is 0. The summed E-state index contributed by atoms with van der Waals surface area (Å²) in [4.78, 5) is 4.22. The van der Waals surface area contributed by atoms with Crippen molar-refractivity contribution in [2.24, 2.45) is 0 Å². The van der Waals surface area contributed by atoms with Crippen LogP contribution in [0.3, 0.4) is 0 Å². The average Bonchev–Trinajstić information content (AvgIpc) is 2.99. The van der Waals surface area contributed by atoms with Gasteiger partial charge in [-0.3, -0.25) is 0 Å². The fourth-order valence-corrected chi connectivity index (χ4v) is 1.81. The van der Waals surface area contributed by atoms with Gasteiger partial charge in [-0.15, -0.1) is 0 Å². The monoisotopic (exact) mass is 261 g/mol. The molecule has 0 aliphatic carbocycles. The van der Waals surface area contributed by atoms with Gasteiger partial charge in [0, 0.05) is 5.69 Å². The molecule has 2 heterocycles. The number of furan rings is 1. The summed E-state index contributed by atoms with van der Waals surface area (Å²) < 4.78 is 10.3. The number of anilines is 1. The number of rotatable bonds is 2. The number of benzene rings is 1. The highest BCUT2D eigenvalue weighted by molar-refractivity contribution is 6.33. The van der Waals surface area contributed by atoms with E-state index in [4.69, 9.17) is 26.3 Å². The first-order valence-corrected chi connectivity index (χ1v) is 5.55. The fourth-order valence-electron chi connectivity index (χ4n) is 1.54. The Bertz CT molecular complexity index is 676. The highest BCUT2D eigenvalue weighted by atomic mass is 35.5. The lowest BCUT2D eigenvalue weighted by Crippen LogP contribution is -1.86. The van der Waals surface area contributed by atoms with Gasteiger partial charge in [-0.05, 0) is 30.3 Å². The largest absolute Gasteiger partial charge is 0.461 e. The zero-order chi connectivity index (χ0) is 12.5. The van der Waals surface area contributed by atoms with Crippen molar-refractivity contribution in [1.29, 1.82) is 0 Å². The van der Waals surface area contributed by atoms with Crippen LogP contribution in [0.2, 0.25) is 5.02 Å². The molecule has 1 aromatic carbocycles. The first kappa shape index (κ1) is 10.9. The van der Waals surface area contributed by atoms with Crippen molar-refractivity contribution < 1.29 is 8.94 Å². The van der Waals surface area contributed by atoms with Gasteiger partial charge in [0.05, 0.1) is 16.8 Å². The predicted molar refractivity (Wildman–Crippen MR) is 66.9 cm³/mol. The predicted octanol–water partition coefficient (Wildman–Crippen LogP) is 3.23. The van der Waals surface area contributed by atoms with Crippen molar-refractivity contribution >= 4 is 17.3 Å². The first-order chi connectivity index (χ1) is 8.74. The standard InChI is InChI=1S/C12H8ClN3O2/c13-9-6-7(14)3-4-8(9)12-15-11(16-18-12)10-2-1-5-17-10/h1-6H,14H2. The molecule has 0 saturated carbocycles. The van der Waals surface area contributed by atoms with Crippen LogP contribution in [-0.2, 0) is 0 Å². The Hall–Kier alpha value is -2.27. The number of halogens is 1. The Morgan fingerprint density at radius 3 is 2.83 bits per heavy atom. The number of aromatic nitrogens is 2. The summed E-state index contributed by atoms with van der Waals surface area (Å²) >= 11 is 6.07. The quantitative estimate of drug-likeness (QED) is 0.717. The van der Waals surface area contributed by atoms with E-state index in [1.54, 1.807) is 36.6 Å². The topological polar surface area (TPSA) is 78.1 Å². The number of nitrogens with zero attached hydrogens (tertiary/aromatic N) is 2. The average molecular weight is 262 g/mol. The fraction of sp³-hybridized carbons (Fsp3) is 0. The molecule has 18 heavy (non-hydrogen) atoms. The Balaban J connectivity index is 2.03. The molecule has 3 rings (SSSR count). The molecule has 6 heteroatoms. The lowest BCUT2D eigenvalue weighted by Gasteiger charge is -1.99. The van der Waals surface area contributed by atoms with Crippen LogP contribution in [0.15, 0.2) is 45.5 Å². The second-order valence-electron chi connectivity index (χ2n) is 3.64. The SMILES string of the molecule is Nc1ccc(-c2nc(-c3ccco3)no2)c(Cl)c1. The number of hydrogen-bond donors (Lipinski definition) is 1. The van der Waals surface area contributed by atoms with E-state index >= 15 is 0 Å². The minimum Gasteiger partial charge on any atom is -0.461 e. The van der Waals surface area contributed by atoms with Crippen LogP contribution in [0, 0.1) is 0 Å². The normalized spacial score (nSPS) is 10.7. The molecule has 0 spiro atoms. The van der Waals surface area contributed by atoms with Gasteiger partial charge >= 0.3 is 0 Å². The Morgan fingerprint density at radius 1 is 1.22 bits per heavy atom. The molecule has 0 fully saturated rings. The third kappa shape index (κ3) is 1.84. The van der Waals surface area contributed by atoms with Crippen LogP contribution in [0.4, 0.5) is 5.69 Å². The Morgan fingerprint density at radius 2 is 2.11 bits per heavy atom. The van der Waals surface area contributed by atoms with Crippen molar-refractivity contribution in [3.8, 4) is 23.0 Å². The zero-order valence-corrected chi connectivity index (χ0v) is 9.89. The molecule has 0 aliphatic rings. The lowest BCUT2D eigenvalue weighted by molar-refractivity contribution is 0.429. The van der Waals surface area contributed by atoms with Crippen molar-refractivity contribution in [2.75, 3.05) is 5.73 Å². The van der Waals surface area contributed by atoms with Crippen molar-refractivity contribution in [2.45, 2.75) is 0 Å². The van der Waals surface area contributed by atoms with Crippen LogP contribution >= 0.6 is 11.6 Å². The number of hydrogen-bond acceptors (Lipinski definition) is 5. The van der Waals surface area contributed by atoms with Gasteiger partial charge < -0.3 is 14.7 Å². The molecule has 2 N–H and O–H groups in total. The molecule has 2 aromatic heterocycles. The van der Waals surface area contributed by atoms with E-state index in [1.165, 1.54) is 0 Å². The summed E-state index contributed by atoms with van der Waals surface area (Å²) in [5, 5.41) is 4.29. The zero-order valence-electron chi connectivity index (χ0n) is 9.13. The highest BCUT2D eigenvalue weighted by Gasteiger charge is 2.14. The van der Waals surface area contributed by atoms with Gasteiger partial charge in [0.1, 0.15) is 0 Å². The first-order valence-electron chi connectivity index (χ1n) is 5.17. The van der Waals surface area contributed by atoms with E-state index < -0.39 is 0 Å². The van der Waals surface area contributed by atoms with Gasteiger partial charge in [-0.25, -0.2) is 0 Å². The molecule has 5 nitrogen and oxygen atoms in total. The maximum Gasteiger partial charge on any atom is 0.259 e. The van der Waals surface area contributed by atoms with Crippen molar-refractivity contribution in [1.82, 2.24) is 10.1 Å². The van der Waals surface area contributed by atoms with Gasteiger partial charge in [0.15, 0.2) is 5.76 Å². The molecular formula is C12H8ClN3O2. The van der Waals surface area contributed by atoms with Gasteiger partial charge in [0.25, 0.3) is 5.89 Å². The maximum absolute atomic E-state index is 6.07. The minimum atomic E-state index is 0.325. The smallest absolute Gasteiger partial charge is 0.259 e. The van der Waals surface area contributed by atoms with Crippen LogP contribution in [0.1, 0.15) is 0 Å². The molecule has 0 aliphatic heterocycles. The molecule has 0 unspecified atom stereocenters. The van der Waals surface area contributed by atoms with Crippen LogP contribution in [-0.4, -0.2) is 10.1 Å². The van der Waals surface area contributed by atoms with Gasteiger partial charge in [-0.1, -0.05) is 16.8 Å². The molecule has 0 bridgehead atoms. The summed E-state index contributed by atoms with van der Waals surface area (Å²) in [6.07, 6.45) is 1.54.